The van der Waals surface area contributed by atoms with Crippen molar-refractivity contribution in [1.82, 2.24) is 0 Å². The molecule has 1 heterocycles. The molecule has 0 amide bonds. The number of hydrogen-bond donors (Lipinski definition) is 1. The third-order valence-corrected chi connectivity index (χ3v) is 4.86. The van der Waals surface area contributed by atoms with E-state index in [0.717, 1.165) is 32.3 Å². The normalized spacial score (nSPS) is 29.5. The van der Waals surface area contributed by atoms with Crippen LogP contribution in [0, 0.1) is 5.92 Å². The van der Waals surface area contributed by atoms with Crippen molar-refractivity contribution in [3.63, 3.8) is 0 Å². The van der Waals surface area contributed by atoms with Crippen LogP contribution >= 0.6 is 0 Å². The summed E-state index contributed by atoms with van der Waals surface area (Å²) in [5.74, 6) is 0.356. The third-order valence-electron chi connectivity index (χ3n) is 4.86. The average molecular weight is 270 g/mol. The first-order valence-electron chi connectivity index (χ1n) is 8.14. The minimum Gasteiger partial charge on any atom is -0.390 e. The van der Waals surface area contributed by atoms with Crippen LogP contribution in [0.25, 0.3) is 0 Å². The smallest absolute Gasteiger partial charge is 0.0836 e. The molecule has 0 aromatic heterocycles. The molecule has 0 bridgehead atoms. The Hall–Kier alpha value is -0.120. The van der Waals surface area contributed by atoms with E-state index in [9.17, 15) is 5.11 Å². The summed E-state index contributed by atoms with van der Waals surface area (Å²) in [7, 11) is 0. The summed E-state index contributed by atoms with van der Waals surface area (Å²) >= 11 is 0. The second-order valence-electron chi connectivity index (χ2n) is 6.26. The zero-order valence-electron chi connectivity index (χ0n) is 12.6. The first kappa shape index (κ1) is 15.3. The molecule has 1 aliphatic carbocycles. The first-order chi connectivity index (χ1) is 9.21. The molecule has 0 aromatic carbocycles. The molecule has 2 rings (SSSR count). The Morgan fingerprint density at radius 2 is 2.05 bits per heavy atom. The van der Waals surface area contributed by atoms with Crippen molar-refractivity contribution >= 4 is 0 Å². The summed E-state index contributed by atoms with van der Waals surface area (Å²) in [5.41, 5.74) is 0.0902. The van der Waals surface area contributed by atoms with Crippen LogP contribution in [-0.2, 0) is 9.47 Å². The van der Waals surface area contributed by atoms with Crippen molar-refractivity contribution in [3.8, 4) is 0 Å². The Labute approximate surface area is 117 Å². The Balaban J connectivity index is 1.94. The summed E-state index contributed by atoms with van der Waals surface area (Å²) < 4.78 is 11.8. The summed E-state index contributed by atoms with van der Waals surface area (Å²) in [6.45, 7) is 5.67. The van der Waals surface area contributed by atoms with Crippen LogP contribution in [-0.4, -0.2) is 36.1 Å². The van der Waals surface area contributed by atoms with Gasteiger partial charge in [-0.15, -0.1) is 0 Å². The minimum absolute atomic E-state index is 0.0107. The van der Waals surface area contributed by atoms with Gasteiger partial charge in [0.05, 0.1) is 17.8 Å². The molecular weight excluding hydrogens is 240 g/mol. The van der Waals surface area contributed by atoms with Gasteiger partial charge in [-0.1, -0.05) is 26.2 Å². The van der Waals surface area contributed by atoms with E-state index in [-0.39, 0.29) is 17.8 Å². The van der Waals surface area contributed by atoms with Crippen molar-refractivity contribution in [2.24, 2.45) is 5.92 Å². The van der Waals surface area contributed by atoms with Gasteiger partial charge in [-0.25, -0.2) is 0 Å². The second kappa shape index (κ2) is 7.05. The van der Waals surface area contributed by atoms with Gasteiger partial charge in [-0.3, -0.25) is 0 Å². The molecule has 1 aliphatic heterocycles. The minimum atomic E-state index is -0.318. The molecule has 3 atom stereocenters. The van der Waals surface area contributed by atoms with Crippen LogP contribution in [0.3, 0.4) is 0 Å². The Kier molecular flexibility index (Phi) is 5.67. The number of aliphatic hydroxyl groups is 1. The molecule has 3 heteroatoms. The van der Waals surface area contributed by atoms with E-state index in [1.807, 2.05) is 6.92 Å². The van der Waals surface area contributed by atoms with Gasteiger partial charge in [0, 0.05) is 13.2 Å². The Morgan fingerprint density at radius 1 is 1.32 bits per heavy atom. The molecule has 2 fully saturated rings. The molecule has 19 heavy (non-hydrogen) atoms. The monoisotopic (exact) mass is 270 g/mol. The average Bonchev–Trinajstić information content (AvgIpc) is 2.86. The van der Waals surface area contributed by atoms with E-state index in [4.69, 9.17) is 9.47 Å². The molecule has 3 nitrogen and oxygen atoms in total. The lowest BCUT2D eigenvalue weighted by atomic mass is 9.79. The van der Waals surface area contributed by atoms with Crippen LogP contribution in [0.1, 0.15) is 65.2 Å². The van der Waals surface area contributed by atoms with E-state index < -0.39 is 0 Å². The first-order valence-corrected chi connectivity index (χ1v) is 8.14. The molecule has 1 N–H and O–H groups in total. The maximum atomic E-state index is 10.7. The van der Waals surface area contributed by atoms with Crippen molar-refractivity contribution in [3.05, 3.63) is 0 Å². The molecule has 3 unspecified atom stereocenters. The van der Waals surface area contributed by atoms with E-state index >= 15 is 0 Å². The van der Waals surface area contributed by atoms with Gasteiger partial charge in [0.25, 0.3) is 0 Å². The number of aliphatic hydroxyl groups excluding tert-OH is 1. The quantitative estimate of drug-likeness (QED) is 0.805. The Bertz CT molecular complexity index is 255. The predicted octanol–water partition coefficient (Wildman–Crippen LogP) is 3.29. The highest BCUT2D eigenvalue weighted by Gasteiger charge is 2.43. The number of hydrogen-bond acceptors (Lipinski definition) is 3. The molecular formula is C16H30O3. The zero-order chi connectivity index (χ0) is 13.7. The molecule has 1 saturated heterocycles. The highest BCUT2D eigenvalue weighted by molar-refractivity contribution is 4.94. The maximum Gasteiger partial charge on any atom is 0.0836 e. The van der Waals surface area contributed by atoms with Gasteiger partial charge in [-0.2, -0.15) is 0 Å². The van der Waals surface area contributed by atoms with E-state index in [0.29, 0.717) is 12.5 Å². The predicted molar refractivity (Wildman–Crippen MR) is 76.2 cm³/mol. The summed E-state index contributed by atoms with van der Waals surface area (Å²) in [5, 5.41) is 10.7. The van der Waals surface area contributed by atoms with Gasteiger partial charge < -0.3 is 14.6 Å². The summed E-state index contributed by atoms with van der Waals surface area (Å²) in [6, 6.07) is 0. The molecule has 0 aromatic rings. The fraction of sp³-hybridized carbons (Fsp3) is 1.00. The number of ether oxygens (including phenoxy) is 2. The molecule has 0 radical (unpaired) electrons. The van der Waals surface area contributed by atoms with E-state index in [1.165, 1.54) is 25.7 Å². The van der Waals surface area contributed by atoms with Crippen molar-refractivity contribution in [1.29, 1.82) is 0 Å². The molecule has 112 valence electrons. The van der Waals surface area contributed by atoms with Crippen LogP contribution < -0.4 is 0 Å². The Morgan fingerprint density at radius 3 is 2.68 bits per heavy atom. The van der Waals surface area contributed by atoms with Crippen molar-refractivity contribution in [2.45, 2.75) is 83.0 Å². The summed E-state index contributed by atoms with van der Waals surface area (Å²) in [4.78, 5) is 0. The van der Waals surface area contributed by atoms with Crippen molar-refractivity contribution in [2.75, 3.05) is 13.2 Å². The molecule has 1 spiro atoms. The number of rotatable bonds is 6. The highest BCUT2D eigenvalue weighted by atomic mass is 16.5. The van der Waals surface area contributed by atoms with Crippen LogP contribution in [0.5, 0.6) is 0 Å². The molecule has 1 saturated carbocycles. The summed E-state index contributed by atoms with van der Waals surface area (Å²) in [6.07, 6.45) is 8.66. The van der Waals surface area contributed by atoms with Crippen LogP contribution in [0.15, 0.2) is 0 Å². The fourth-order valence-electron chi connectivity index (χ4n) is 3.88. The van der Waals surface area contributed by atoms with Crippen molar-refractivity contribution < 1.29 is 14.6 Å². The lowest BCUT2D eigenvalue weighted by Crippen LogP contribution is -2.45. The SMILES string of the molecule is CCCC(OCC)C(O)C1CCOC2(CCCC2)C1. The lowest BCUT2D eigenvalue weighted by molar-refractivity contribution is -0.137. The second-order valence-corrected chi connectivity index (χ2v) is 6.26. The standard InChI is InChI=1S/C16H30O3/c1-3-7-14(18-4-2)15(17)13-8-11-19-16(12-13)9-5-6-10-16/h13-15,17H,3-12H2,1-2H3. The fourth-order valence-corrected chi connectivity index (χ4v) is 3.88. The molecule has 2 aliphatic rings. The third kappa shape index (κ3) is 3.71. The lowest BCUT2D eigenvalue weighted by Gasteiger charge is -2.41. The van der Waals surface area contributed by atoms with Gasteiger partial charge in [0.1, 0.15) is 0 Å². The van der Waals surface area contributed by atoms with Gasteiger partial charge >= 0.3 is 0 Å². The highest BCUT2D eigenvalue weighted by Crippen LogP contribution is 2.43. The zero-order valence-corrected chi connectivity index (χ0v) is 12.6. The van der Waals surface area contributed by atoms with Crippen LogP contribution in [0.2, 0.25) is 0 Å². The van der Waals surface area contributed by atoms with Gasteiger partial charge in [0.2, 0.25) is 0 Å². The van der Waals surface area contributed by atoms with Gasteiger partial charge in [0.15, 0.2) is 0 Å². The van der Waals surface area contributed by atoms with E-state index in [1.54, 1.807) is 0 Å². The van der Waals surface area contributed by atoms with Gasteiger partial charge in [-0.05, 0) is 44.9 Å². The van der Waals surface area contributed by atoms with E-state index in [2.05, 4.69) is 6.92 Å². The largest absolute Gasteiger partial charge is 0.390 e. The topological polar surface area (TPSA) is 38.7 Å². The van der Waals surface area contributed by atoms with Crippen LogP contribution in [0.4, 0.5) is 0 Å². The maximum absolute atomic E-state index is 10.7.